The molecule has 2 rings (SSSR count). The van der Waals surface area contributed by atoms with E-state index in [4.69, 9.17) is 5.73 Å². The van der Waals surface area contributed by atoms with Gasteiger partial charge in [-0.1, -0.05) is 19.3 Å². The van der Waals surface area contributed by atoms with Crippen LogP contribution < -0.4 is 10.6 Å². The Bertz CT molecular complexity index is 383. The van der Waals surface area contributed by atoms with E-state index in [-0.39, 0.29) is 0 Å². The predicted molar refractivity (Wildman–Crippen MR) is 73.6 cm³/mol. The predicted octanol–water partition coefficient (Wildman–Crippen LogP) is 2.35. The molecule has 0 radical (unpaired) electrons. The van der Waals surface area contributed by atoms with E-state index in [1.807, 2.05) is 0 Å². The second-order valence-electron chi connectivity index (χ2n) is 4.86. The molecule has 2 N–H and O–H groups in total. The van der Waals surface area contributed by atoms with E-state index in [2.05, 4.69) is 33.7 Å². The monoisotopic (exact) mass is 249 g/mol. The van der Waals surface area contributed by atoms with Crippen molar-refractivity contribution in [3.8, 4) is 0 Å². The van der Waals surface area contributed by atoms with Crippen LogP contribution in [-0.4, -0.2) is 28.0 Å². The molecule has 0 saturated heterocycles. The third-order valence-electron chi connectivity index (χ3n) is 3.67. The van der Waals surface area contributed by atoms with Gasteiger partial charge in [0.2, 0.25) is 11.9 Å². The molecular weight excluding hydrogens is 226 g/mol. The second-order valence-corrected chi connectivity index (χ2v) is 4.86. The van der Waals surface area contributed by atoms with Crippen LogP contribution in [0.15, 0.2) is 0 Å². The summed E-state index contributed by atoms with van der Waals surface area (Å²) in [5.74, 6) is 2.45. The number of hydrogen-bond donors (Lipinski definition) is 1. The van der Waals surface area contributed by atoms with Gasteiger partial charge in [0, 0.05) is 19.0 Å². The van der Waals surface area contributed by atoms with Crippen LogP contribution in [0.3, 0.4) is 0 Å². The van der Waals surface area contributed by atoms with Crippen LogP contribution in [0.1, 0.15) is 57.7 Å². The van der Waals surface area contributed by atoms with Crippen molar-refractivity contribution in [2.75, 3.05) is 23.7 Å². The summed E-state index contributed by atoms with van der Waals surface area (Å²) in [4.78, 5) is 15.3. The van der Waals surface area contributed by atoms with E-state index in [0.29, 0.717) is 11.9 Å². The number of hydrogen-bond acceptors (Lipinski definition) is 5. The van der Waals surface area contributed by atoms with E-state index < -0.39 is 0 Å². The summed E-state index contributed by atoms with van der Waals surface area (Å²) in [5.41, 5.74) is 5.82. The van der Waals surface area contributed by atoms with Gasteiger partial charge in [0.25, 0.3) is 0 Å². The number of aromatic nitrogens is 3. The van der Waals surface area contributed by atoms with E-state index >= 15 is 0 Å². The van der Waals surface area contributed by atoms with Crippen molar-refractivity contribution >= 4 is 11.9 Å². The highest BCUT2D eigenvalue weighted by molar-refractivity contribution is 5.34. The normalized spacial score (nSPS) is 16.8. The molecule has 0 atom stereocenters. The molecule has 1 aromatic heterocycles. The molecule has 0 aliphatic heterocycles. The fraction of sp³-hybridized carbons (Fsp3) is 0.769. The molecule has 0 bridgehead atoms. The van der Waals surface area contributed by atoms with Gasteiger partial charge in [-0.15, -0.1) is 0 Å². The van der Waals surface area contributed by atoms with Crippen LogP contribution in [0, 0.1) is 0 Å². The fourth-order valence-electron chi connectivity index (χ4n) is 2.59. The molecule has 1 aliphatic carbocycles. The Hall–Kier alpha value is -1.39. The first-order valence-electron chi connectivity index (χ1n) is 7.01. The number of nitrogen functional groups attached to an aromatic ring is 1. The highest BCUT2D eigenvalue weighted by Gasteiger charge is 2.20. The van der Waals surface area contributed by atoms with Crippen molar-refractivity contribution < 1.29 is 0 Å². The number of nitrogens with zero attached hydrogens (tertiary/aromatic N) is 4. The average molecular weight is 249 g/mol. The number of rotatable bonds is 4. The van der Waals surface area contributed by atoms with Crippen molar-refractivity contribution in [1.82, 2.24) is 15.0 Å². The summed E-state index contributed by atoms with van der Waals surface area (Å²) < 4.78 is 0. The molecule has 0 amide bonds. The number of anilines is 2. The summed E-state index contributed by atoms with van der Waals surface area (Å²) in [6.07, 6.45) is 6.25. The first kappa shape index (κ1) is 13.1. The van der Waals surface area contributed by atoms with Gasteiger partial charge in [-0.2, -0.15) is 15.0 Å². The Labute approximate surface area is 109 Å². The minimum Gasteiger partial charge on any atom is -0.368 e. The van der Waals surface area contributed by atoms with Crippen LogP contribution >= 0.6 is 0 Å². The fourth-order valence-corrected chi connectivity index (χ4v) is 2.59. The highest BCUT2D eigenvalue weighted by atomic mass is 15.3. The van der Waals surface area contributed by atoms with Gasteiger partial charge >= 0.3 is 0 Å². The minimum atomic E-state index is 0.354. The summed E-state index contributed by atoms with van der Waals surface area (Å²) in [7, 11) is 0. The van der Waals surface area contributed by atoms with Crippen molar-refractivity contribution in [3.05, 3.63) is 5.82 Å². The van der Waals surface area contributed by atoms with Gasteiger partial charge in [0.05, 0.1) is 0 Å². The van der Waals surface area contributed by atoms with Gasteiger partial charge in [0.1, 0.15) is 5.82 Å². The van der Waals surface area contributed by atoms with Crippen LogP contribution in [0.4, 0.5) is 11.9 Å². The van der Waals surface area contributed by atoms with Crippen molar-refractivity contribution in [3.63, 3.8) is 0 Å². The van der Waals surface area contributed by atoms with Gasteiger partial charge in [-0.05, 0) is 26.7 Å². The first-order valence-corrected chi connectivity index (χ1v) is 7.01. The molecule has 1 saturated carbocycles. The molecule has 1 aromatic rings. The molecule has 1 aliphatic rings. The Balaban J connectivity index is 2.24. The number of nitrogens with two attached hydrogens (primary N) is 1. The molecule has 0 aromatic carbocycles. The van der Waals surface area contributed by atoms with Crippen LogP contribution in [0.5, 0.6) is 0 Å². The summed E-state index contributed by atoms with van der Waals surface area (Å²) in [6, 6.07) is 0. The molecule has 0 unspecified atom stereocenters. The van der Waals surface area contributed by atoms with E-state index in [1.165, 1.54) is 32.1 Å². The Morgan fingerprint density at radius 1 is 1.06 bits per heavy atom. The molecule has 5 nitrogen and oxygen atoms in total. The molecule has 18 heavy (non-hydrogen) atoms. The average Bonchev–Trinajstić information content (AvgIpc) is 2.40. The molecule has 1 fully saturated rings. The van der Waals surface area contributed by atoms with Crippen molar-refractivity contribution in [2.45, 2.75) is 51.9 Å². The lowest BCUT2D eigenvalue weighted by molar-refractivity contribution is 0.428. The lowest BCUT2D eigenvalue weighted by atomic mass is 9.89. The Morgan fingerprint density at radius 3 is 2.33 bits per heavy atom. The lowest BCUT2D eigenvalue weighted by Crippen LogP contribution is -2.26. The van der Waals surface area contributed by atoms with Gasteiger partial charge in [-0.3, -0.25) is 0 Å². The molecule has 1 heterocycles. The standard InChI is InChI=1S/C13H23N5/c1-3-18(4-2)13-16-11(15-12(14)17-13)10-8-6-5-7-9-10/h10H,3-9H2,1-2H3,(H2,14,15,16,17). The maximum atomic E-state index is 5.82. The molecule has 5 heteroatoms. The largest absolute Gasteiger partial charge is 0.368 e. The SMILES string of the molecule is CCN(CC)c1nc(N)nc(C2CCCCC2)n1. The van der Waals surface area contributed by atoms with E-state index in [9.17, 15) is 0 Å². The third-order valence-corrected chi connectivity index (χ3v) is 3.67. The Morgan fingerprint density at radius 2 is 1.72 bits per heavy atom. The summed E-state index contributed by atoms with van der Waals surface area (Å²) in [6.45, 7) is 5.99. The molecule has 100 valence electrons. The van der Waals surface area contributed by atoms with Gasteiger partial charge in [0.15, 0.2) is 0 Å². The van der Waals surface area contributed by atoms with Gasteiger partial charge < -0.3 is 10.6 Å². The first-order chi connectivity index (χ1) is 8.74. The van der Waals surface area contributed by atoms with Crippen LogP contribution in [0.2, 0.25) is 0 Å². The minimum absolute atomic E-state index is 0.354. The molecular formula is C13H23N5. The lowest BCUT2D eigenvalue weighted by Gasteiger charge is -2.23. The zero-order valence-electron chi connectivity index (χ0n) is 11.4. The maximum Gasteiger partial charge on any atom is 0.230 e. The Kier molecular flexibility index (Phi) is 4.33. The topological polar surface area (TPSA) is 67.9 Å². The highest BCUT2D eigenvalue weighted by Crippen LogP contribution is 2.31. The smallest absolute Gasteiger partial charge is 0.230 e. The van der Waals surface area contributed by atoms with Crippen LogP contribution in [0.25, 0.3) is 0 Å². The maximum absolute atomic E-state index is 5.82. The second kappa shape index (κ2) is 5.98. The quantitative estimate of drug-likeness (QED) is 0.887. The van der Waals surface area contributed by atoms with E-state index in [1.54, 1.807) is 0 Å². The zero-order chi connectivity index (χ0) is 13.0. The van der Waals surface area contributed by atoms with Crippen molar-refractivity contribution in [2.24, 2.45) is 0 Å². The molecule has 0 spiro atoms. The summed E-state index contributed by atoms with van der Waals surface area (Å²) >= 11 is 0. The van der Waals surface area contributed by atoms with E-state index in [0.717, 1.165) is 24.9 Å². The zero-order valence-corrected chi connectivity index (χ0v) is 11.4. The third kappa shape index (κ3) is 2.89. The van der Waals surface area contributed by atoms with Crippen molar-refractivity contribution in [1.29, 1.82) is 0 Å². The van der Waals surface area contributed by atoms with Crippen LogP contribution in [-0.2, 0) is 0 Å². The summed E-state index contributed by atoms with van der Waals surface area (Å²) in [5, 5.41) is 0. The van der Waals surface area contributed by atoms with Gasteiger partial charge in [-0.25, -0.2) is 0 Å².